The summed E-state index contributed by atoms with van der Waals surface area (Å²) in [7, 11) is 0. The predicted molar refractivity (Wildman–Crippen MR) is 227 cm³/mol. The van der Waals surface area contributed by atoms with E-state index in [0.29, 0.717) is 0 Å². The number of ether oxygens (including phenoxy) is 1. The lowest BCUT2D eigenvalue weighted by atomic mass is 10.0. The van der Waals surface area contributed by atoms with E-state index in [2.05, 4.69) is 179 Å². The number of anilines is 3. The predicted octanol–water partition coefficient (Wildman–Crippen LogP) is 14.8. The van der Waals surface area contributed by atoms with Gasteiger partial charge in [0, 0.05) is 73.7 Å². The molecule has 8 aromatic carbocycles. The third kappa shape index (κ3) is 4.26. The van der Waals surface area contributed by atoms with E-state index in [9.17, 15) is 0 Å². The third-order valence-corrected chi connectivity index (χ3v) is 13.0. The Morgan fingerprint density at radius 3 is 1.66 bits per heavy atom. The zero-order valence-electron chi connectivity index (χ0n) is 28.3. The van der Waals surface area contributed by atoms with E-state index in [4.69, 9.17) is 4.74 Å². The Morgan fingerprint density at radius 2 is 0.962 bits per heavy atom. The van der Waals surface area contributed by atoms with Gasteiger partial charge in [0.25, 0.3) is 0 Å². The lowest BCUT2D eigenvalue weighted by molar-refractivity contribution is 0.477. The van der Waals surface area contributed by atoms with E-state index in [-0.39, 0.29) is 0 Å². The van der Waals surface area contributed by atoms with Crippen LogP contribution in [-0.4, -0.2) is 4.57 Å². The van der Waals surface area contributed by atoms with Crippen molar-refractivity contribution in [1.82, 2.24) is 4.57 Å². The van der Waals surface area contributed by atoms with Crippen LogP contribution in [0.25, 0.3) is 79.0 Å². The average molecular weight is 713 g/mol. The summed E-state index contributed by atoms with van der Waals surface area (Å²) in [6, 6.07) is 61.7. The summed E-state index contributed by atoms with van der Waals surface area (Å²) in [6.45, 7) is 0. The largest absolute Gasteiger partial charge is 0.453 e. The van der Waals surface area contributed by atoms with Crippen molar-refractivity contribution < 1.29 is 4.74 Å². The second kappa shape index (κ2) is 11.1. The summed E-state index contributed by atoms with van der Waals surface area (Å²) < 4.78 is 14.2. The van der Waals surface area contributed by atoms with E-state index in [1.54, 1.807) is 0 Å². The Balaban J connectivity index is 1.03. The van der Waals surface area contributed by atoms with Gasteiger partial charge in [-0.1, -0.05) is 103 Å². The minimum absolute atomic E-state index is 0.864. The van der Waals surface area contributed by atoms with Gasteiger partial charge >= 0.3 is 0 Å². The molecule has 0 atom stereocenters. The van der Waals surface area contributed by atoms with Crippen molar-refractivity contribution in [2.75, 3.05) is 4.90 Å². The summed E-state index contributed by atoms with van der Waals surface area (Å²) in [6.07, 6.45) is 0. The second-order valence-electron chi connectivity index (χ2n) is 13.7. The van der Waals surface area contributed by atoms with Crippen molar-refractivity contribution in [3.8, 4) is 28.3 Å². The fourth-order valence-electron chi connectivity index (χ4n) is 8.43. The summed E-state index contributed by atoms with van der Waals surface area (Å²) in [5.41, 5.74) is 9.03. The molecular weight excluding hydrogens is 685 g/mol. The van der Waals surface area contributed by atoms with E-state index in [0.717, 1.165) is 50.9 Å². The maximum Gasteiger partial charge on any atom is 0.152 e. The van der Waals surface area contributed by atoms with Crippen molar-refractivity contribution in [2.45, 2.75) is 0 Å². The molecule has 0 spiro atoms. The van der Waals surface area contributed by atoms with Crippen LogP contribution in [0.3, 0.4) is 0 Å². The van der Waals surface area contributed by atoms with Gasteiger partial charge in [-0.25, -0.2) is 0 Å². The van der Waals surface area contributed by atoms with Crippen LogP contribution in [0.2, 0.25) is 0 Å². The molecule has 53 heavy (non-hydrogen) atoms. The molecule has 0 saturated carbocycles. The van der Waals surface area contributed by atoms with Crippen LogP contribution in [0, 0.1) is 0 Å². The Labute approximate surface area is 312 Å². The van der Waals surface area contributed by atoms with Crippen molar-refractivity contribution in [2.24, 2.45) is 0 Å². The highest BCUT2D eigenvalue weighted by Gasteiger charge is 2.26. The molecule has 248 valence electrons. The zero-order chi connectivity index (χ0) is 34.6. The van der Waals surface area contributed by atoms with Crippen molar-refractivity contribution in [3.05, 3.63) is 170 Å². The van der Waals surface area contributed by atoms with Gasteiger partial charge in [0.15, 0.2) is 11.5 Å². The molecule has 0 saturated heterocycles. The first-order chi connectivity index (χ1) is 26.3. The number of fused-ring (bicyclic) bond motifs is 11. The monoisotopic (exact) mass is 712 g/mol. The van der Waals surface area contributed by atoms with E-state index >= 15 is 0 Å². The quantitative estimate of drug-likeness (QED) is 0.181. The summed E-state index contributed by atoms with van der Waals surface area (Å²) >= 11 is 3.72. The van der Waals surface area contributed by atoms with Crippen molar-refractivity contribution >= 4 is 102 Å². The van der Waals surface area contributed by atoms with Crippen LogP contribution in [-0.2, 0) is 0 Å². The number of rotatable bonds is 4. The van der Waals surface area contributed by atoms with Crippen LogP contribution in [0.5, 0.6) is 11.5 Å². The van der Waals surface area contributed by atoms with E-state index in [1.807, 2.05) is 22.7 Å². The Morgan fingerprint density at radius 1 is 0.415 bits per heavy atom. The summed E-state index contributed by atoms with van der Waals surface area (Å²) in [5, 5.41) is 7.66. The second-order valence-corrected chi connectivity index (χ2v) is 15.9. The molecule has 0 fully saturated rings. The molecule has 3 nitrogen and oxygen atoms in total. The number of benzene rings is 8. The first-order valence-electron chi connectivity index (χ1n) is 17.8. The number of thiophene rings is 2. The lowest BCUT2D eigenvalue weighted by Gasteiger charge is -2.26. The molecule has 3 aromatic heterocycles. The number of para-hydroxylation sites is 3. The van der Waals surface area contributed by atoms with Crippen LogP contribution in [0.4, 0.5) is 17.1 Å². The smallest absolute Gasteiger partial charge is 0.152 e. The number of hydrogen-bond donors (Lipinski definition) is 0. The third-order valence-electron chi connectivity index (χ3n) is 10.8. The molecule has 0 N–H and O–H groups in total. The fourth-order valence-corrected chi connectivity index (χ4v) is 10.7. The molecular formula is C48H28N2OS2. The Kier molecular flexibility index (Phi) is 6.09. The van der Waals surface area contributed by atoms with Gasteiger partial charge < -0.3 is 14.2 Å². The maximum absolute atomic E-state index is 6.61. The Hall–Kier alpha value is -6.40. The number of aromatic nitrogens is 1. The zero-order valence-corrected chi connectivity index (χ0v) is 29.9. The van der Waals surface area contributed by atoms with Crippen molar-refractivity contribution in [1.29, 1.82) is 0 Å². The Bertz CT molecular complexity index is 3160. The minimum atomic E-state index is 0.864. The van der Waals surface area contributed by atoms with Gasteiger partial charge in [-0.05, 0) is 72.3 Å². The lowest BCUT2D eigenvalue weighted by Crippen LogP contribution is -2.10. The molecule has 1 aliphatic rings. The highest BCUT2D eigenvalue weighted by Crippen LogP contribution is 2.49. The van der Waals surface area contributed by atoms with E-state index in [1.165, 1.54) is 56.6 Å². The molecule has 0 amide bonds. The molecule has 4 heterocycles. The van der Waals surface area contributed by atoms with Crippen LogP contribution >= 0.6 is 22.7 Å². The van der Waals surface area contributed by atoms with Crippen molar-refractivity contribution in [3.63, 3.8) is 0 Å². The first kappa shape index (κ1) is 29.2. The molecule has 0 radical (unpaired) electrons. The topological polar surface area (TPSA) is 17.4 Å². The maximum atomic E-state index is 6.61. The molecule has 11 aromatic rings. The highest BCUT2D eigenvalue weighted by molar-refractivity contribution is 7.26. The SMILES string of the molecule is c1cc2c(c(-c3ccc(N(c4ccc5c(c4)sc4ccccc45)c4ccc5c(c4)sc4ccccc45)cc3)c1)-n1c3ccccc3c3cccc(c31)O2. The van der Waals surface area contributed by atoms with E-state index < -0.39 is 0 Å². The number of hydrogen-bond acceptors (Lipinski definition) is 4. The van der Waals surface area contributed by atoms with Gasteiger partial charge in [0.2, 0.25) is 0 Å². The molecule has 0 unspecified atom stereocenters. The van der Waals surface area contributed by atoms with Crippen LogP contribution in [0.15, 0.2) is 170 Å². The standard InChI is InChI=1S/C48H28N2OS2/c1-4-14-40-34(9-1)39-13-8-16-42-48(39)50(40)47-33(12-7-15-41(47)51-42)29-19-21-30(22-20-29)49(31-23-25-37-35-10-2-5-17-43(35)52-45(37)27-31)32-24-26-38-36-11-3-6-18-44(36)53-46(38)28-32/h1-28H. The summed E-state index contributed by atoms with van der Waals surface area (Å²) in [4.78, 5) is 2.40. The average Bonchev–Trinajstić information content (AvgIpc) is 3.88. The van der Waals surface area contributed by atoms with Gasteiger partial charge in [-0.3, -0.25) is 0 Å². The van der Waals surface area contributed by atoms with Gasteiger partial charge in [-0.2, -0.15) is 0 Å². The normalized spacial score (nSPS) is 12.3. The molecule has 1 aliphatic heterocycles. The van der Waals surface area contributed by atoms with Gasteiger partial charge in [-0.15, -0.1) is 22.7 Å². The summed E-state index contributed by atoms with van der Waals surface area (Å²) in [5.74, 6) is 1.75. The minimum Gasteiger partial charge on any atom is -0.453 e. The number of nitrogens with zero attached hydrogens (tertiary/aromatic N) is 2. The van der Waals surface area contributed by atoms with Gasteiger partial charge in [0.05, 0.1) is 16.7 Å². The first-order valence-corrected chi connectivity index (χ1v) is 19.5. The highest BCUT2D eigenvalue weighted by atomic mass is 32.1. The fraction of sp³-hybridized carbons (Fsp3) is 0. The molecule has 5 heteroatoms. The molecule has 12 rings (SSSR count). The van der Waals surface area contributed by atoms with Crippen LogP contribution in [0.1, 0.15) is 0 Å². The molecule has 0 aliphatic carbocycles. The molecule has 0 bridgehead atoms. The van der Waals surface area contributed by atoms with Gasteiger partial charge in [0.1, 0.15) is 0 Å². The van der Waals surface area contributed by atoms with Crippen LogP contribution < -0.4 is 9.64 Å².